The van der Waals surface area contributed by atoms with Gasteiger partial charge >= 0.3 is 0 Å². The average molecular weight is 327 g/mol. The summed E-state index contributed by atoms with van der Waals surface area (Å²) in [7, 11) is 0. The largest absolute Gasteiger partial charge is 0.454 e. The molecule has 4 rings (SSSR count). The van der Waals surface area contributed by atoms with Crippen molar-refractivity contribution in [2.45, 2.75) is 0 Å². The van der Waals surface area contributed by atoms with Gasteiger partial charge in [0.1, 0.15) is 5.58 Å². The first-order valence-corrected chi connectivity index (χ1v) is 7.39. The third-order valence-electron chi connectivity index (χ3n) is 3.55. The SMILES string of the molecule is O=C(/C=C/c1cc(Cl)c2c(c1)OCO2)c1cc2ccccc2o1. The summed E-state index contributed by atoms with van der Waals surface area (Å²) in [6.07, 6.45) is 3.12. The molecule has 114 valence electrons. The summed E-state index contributed by atoms with van der Waals surface area (Å²) in [5.74, 6) is 1.20. The van der Waals surface area contributed by atoms with Crippen molar-refractivity contribution in [3.63, 3.8) is 0 Å². The smallest absolute Gasteiger partial charge is 0.231 e. The van der Waals surface area contributed by atoms with Gasteiger partial charge in [0.2, 0.25) is 12.6 Å². The molecule has 1 aromatic heterocycles. The van der Waals surface area contributed by atoms with E-state index in [1.54, 1.807) is 24.3 Å². The lowest BCUT2D eigenvalue weighted by Gasteiger charge is -2.00. The molecule has 0 radical (unpaired) electrons. The summed E-state index contributed by atoms with van der Waals surface area (Å²) in [5.41, 5.74) is 1.44. The summed E-state index contributed by atoms with van der Waals surface area (Å²) in [6.45, 7) is 0.153. The zero-order chi connectivity index (χ0) is 15.8. The Hall–Kier alpha value is -2.72. The Balaban J connectivity index is 1.61. The van der Waals surface area contributed by atoms with E-state index in [1.807, 2.05) is 24.3 Å². The van der Waals surface area contributed by atoms with Crippen molar-refractivity contribution in [3.05, 3.63) is 64.9 Å². The Labute approximate surface area is 136 Å². The minimum Gasteiger partial charge on any atom is -0.454 e. The molecule has 23 heavy (non-hydrogen) atoms. The molecule has 3 aromatic rings. The third-order valence-corrected chi connectivity index (χ3v) is 3.83. The van der Waals surface area contributed by atoms with Crippen LogP contribution in [-0.2, 0) is 0 Å². The number of hydrogen-bond acceptors (Lipinski definition) is 4. The van der Waals surface area contributed by atoms with Crippen molar-refractivity contribution in [2.24, 2.45) is 0 Å². The lowest BCUT2D eigenvalue weighted by molar-refractivity contribution is 0.102. The maximum atomic E-state index is 12.2. The summed E-state index contributed by atoms with van der Waals surface area (Å²) in [5, 5.41) is 1.35. The Kier molecular flexibility index (Phi) is 3.32. The molecule has 0 aliphatic carbocycles. The number of allylic oxidation sites excluding steroid dienone is 1. The van der Waals surface area contributed by atoms with Crippen LogP contribution in [0.25, 0.3) is 17.0 Å². The molecular weight excluding hydrogens is 316 g/mol. The number of para-hydroxylation sites is 1. The first-order chi connectivity index (χ1) is 11.2. The fraction of sp³-hybridized carbons (Fsp3) is 0.0556. The summed E-state index contributed by atoms with van der Waals surface area (Å²) in [6, 6.07) is 12.7. The number of carbonyl (C=O) groups excluding carboxylic acids is 1. The molecule has 0 atom stereocenters. The second-order valence-corrected chi connectivity index (χ2v) is 5.49. The van der Waals surface area contributed by atoms with Crippen molar-refractivity contribution in [2.75, 3.05) is 6.79 Å². The van der Waals surface area contributed by atoms with Gasteiger partial charge in [-0.05, 0) is 35.9 Å². The van der Waals surface area contributed by atoms with E-state index < -0.39 is 0 Å². The van der Waals surface area contributed by atoms with E-state index in [1.165, 1.54) is 6.08 Å². The van der Waals surface area contributed by atoms with Crippen molar-refractivity contribution in [3.8, 4) is 11.5 Å². The number of fused-ring (bicyclic) bond motifs is 2. The van der Waals surface area contributed by atoms with Crippen LogP contribution in [0.1, 0.15) is 16.1 Å². The topological polar surface area (TPSA) is 48.7 Å². The van der Waals surface area contributed by atoms with Gasteiger partial charge in [0.05, 0.1) is 5.02 Å². The van der Waals surface area contributed by atoms with E-state index in [2.05, 4.69) is 0 Å². The Morgan fingerprint density at radius 3 is 2.87 bits per heavy atom. The van der Waals surface area contributed by atoms with Gasteiger partial charge in [0.25, 0.3) is 0 Å². The lowest BCUT2D eigenvalue weighted by atomic mass is 10.1. The van der Waals surface area contributed by atoms with E-state index in [4.69, 9.17) is 25.5 Å². The predicted octanol–water partition coefficient (Wildman–Crippen LogP) is 4.71. The van der Waals surface area contributed by atoms with E-state index in [0.717, 1.165) is 10.9 Å². The lowest BCUT2D eigenvalue weighted by Crippen LogP contribution is -1.93. The van der Waals surface area contributed by atoms with Crippen molar-refractivity contribution < 1.29 is 18.7 Å². The van der Waals surface area contributed by atoms with Crippen molar-refractivity contribution in [1.29, 1.82) is 0 Å². The predicted molar refractivity (Wildman–Crippen MR) is 87.2 cm³/mol. The quantitative estimate of drug-likeness (QED) is 0.516. The van der Waals surface area contributed by atoms with Crippen LogP contribution in [0.5, 0.6) is 11.5 Å². The van der Waals surface area contributed by atoms with Gasteiger partial charge in [-0.1, -0.05) is 35.9 Å². The molecule has 0 unspecified atom stereocenters. The molecule has 0 N–H and O–H groups in total. The van der Waals surface area contributed by atoms with Crippen LogP contribution in [0.2, 0.25) is 5.02 Å². The Bertz CT molecular complexity index is 906. The normalized spacial score (nSPS) is 13.1. The maximum absolute atomic E-state index is 12.2. The number of ether oxygens (including phenoxy) is 2. The van der Waals surface area contributed by atoms with Crippen LogP contribution in [0.3, 0.4) is 0 Å². The molecule has 0 saturated carbocycles. The number of halogens is 1. The molecule has 0 fully saturated rings. The number of ketones is 1. The number of carbonyl (C=O) groups is 1. The summed E-state index contributed by atoms with van der Waals surface area (Å²) in [4.78, 5) is 12.2. The second kappa shape index (κ2) is 5.48. The van der Waals surface area contributed by atoms with Crippen LogP contribution in [0.4, 0.5) is 0 Å². The molecule has 2 heterocycles. The van der Waals surface area contributed by atoms with Gasteiger partial charge in [0.15, 0.2) is 17.3 Å². The highest BCUT2D eigenvalue weighted by Gasteiger charge is 2.17. The number of furan rings is 1. The highest BCUT2D eigenvalue weighted by Crippen LogP contribution is 2.40. The van der Waals surface area contributed by atoms with Gasteiger partial charge in [-0.15, -0.1) is 0 Å². The molecule has 1 aliphatic heterocycles. The zero-order valence-corrected chi connectivity index (χ0v) is 12.7. The first kappa shape index (κ1) is 13.9. The van der Waals surface area contributed by atoms with Crippen LogP contribution in [0.15, 0.2) is 53.0 Å². The highest BCUT2D eigenvalue weighted by atomic mass is 35.5. The minimum absolute atomic E-state index is 0.153. The van der Waals surface area contributed by atoms with E-state index in [0.29, 0.717) is 27.9 Å². The molecule has 2 aromatic carbocycles. The van der Waals surface area contributed by atoms with Gasteiger partial charge in [-0.2, -0.15) is 0 Å². The molecule has 0 spiro atoms. The number of rotatable bonds is 3. The Morgan fingerprint density at radius 2 is 2.00 bits per heavy atom. The fourth-order valence-corrected chi connectivity index (χ4v) is 2.71. The van der Waals surface area contributed by atoms with Crippen LogP contribution < -0.4 is 9.47 Å². The maximum Gasteiger partial charge on any atom is 0.231 e. The second-order valence-electron chi connectivity index (χ2n) is 5.08. The van der Waals surface area contributed by atoms with Gasteiger partial charge in [-0.25, -0.2) is 0 Å². The molecule has 4 nitrogen and oxygen atoms in total. The Morgan fingerprint density at radius 1 is 1.13 bits per heavy atom. The third kappa shape index (κ3) is 2.58. The van der Waals surface area contributed by atoms with Crippen molar-refractivity contribution >= 4 is 34.4 Å². The van der Waals surface area contributed by atoms with Crippen LogP contribution in [-0.4, -0.2) is 12.6 Å². The van der Waals surface area contributed by atoms with E-state index in [9.17, 15) is 4.79 Å². The highest BCUT2D eigenvalue weighted by molar-refractivity contribution is 6.32. The van der Waals surface area contributed by atoms with Gasteiger partial charge in [-0.3, -0.25) is 4.79 Å². The average Bonchev–Trinajstić information content (AvgIpc) is 3.19. The number of hydrogen-bond donors (Lipinski definition) is 0. The van der Waals surface area contributed by atoms with Crippen LogP contribution in [0, 0.1) is 0 Å². The van der Waals surface area contributed by atoms with Gasteiger partial charge < -0.3 is 13.9 Å². The minimum atomic E-state index is -0.213. The zero-order valence-electron chi connectivity index (χ0n) is 11.9. The summed E-state index contributed by atoms with van der Waals surface area (Å²) >= 11 is 6.12. The molecule has 0 saturated heterocycles. The standard InChI is InChI=1S/C18H11ClO4/c19-13-7-11(8-17-18(13)22-10-21-17)5-6-14(20)16-9-12-3-1-2-4-15(12)23-16/h1-9H,10H2/b6-5+. The molecule has 0 bridgehead atoms. The number of benzene rings is 2. The first-order valence-electron chi connectivity index (χ1n) is 7.01. The van der Waals surface area contributed by atoms with Crippen molar-refractivity contribution in [1.82, 2.24) is 0 Å². The fourth-order valence-electron chi connectivity index (χ4n) is 2.44. The molecule has 1 aliphatic rings. The van der Waals surface area contributed by atoms with E-state index >= 15 is 0 Å². The summed E-state index contributed by atoms with van der Waals surface area (Å²) < 4.78 is 16.1. The molecule has 0 amide bonds. The van der Waals surface area contributed by atoms with Crippen LogP contribution >= 0.6 is 11.6 Å². The molecule has 5 heteroatoms. The van der Waals surface area contributed by atoms with Gasteiger partial charge in [0, 0.05) is 5.39 Å². The monoisotopic (exact) mass is 326 g/mol. The molecular formula is C18H11ClO4. The van der Waals surface area contributed by atoms with E-state index in [-0.39, 0.29) is 12.6 Å².